The highest BCUT2D eigenvalue weighted by atomic mass is 16.5. The Labute approximate surface area is 127 Å². The molecule has 0 radical (unpaired) electrons. The van der Waals surface area contributed by atoms with E-state index in [2.05, 4.69) is 42.6 Å². The fourth-order valence-corrected chi connectivity index (χ4v) is 2.52. The van der Waals surface area contributed by atoms with E-state index in [1.807, 2.05) is 29.1 Å². The van der Waals surface area contributed by atoms with Gasteiger partial charge in [0.05, 0.1) is 12.2 Å². The van der Waals surface area contributed by atoms with Crippen LogP contribution in [0.25, 0.3) is 0 Å². The van der Waals surface area contributed by atoms with Gasteiger partial charge < -0.3 is 10.1 Å². The van der Waals surface area contributed by atoms with E-state index in [4.69, 9.17) is 4.74 Å². The molecule has 0 fully saturated rings. The molecule has 1 aromatic heterocycles. The van der Waals surface area contributed by atoms with E-state index < -0.39 is 0 Å². The molecule has 0 aliphatic heterocycles. The van der Waals surface area contributed by atoms with Crippen LogP contribution in [0.2, 0.25) is 0 Å². The fraction of sp³-hybridized carbons (Fsp3) is 0.471. The molecule has 0 saturated heterocycles. The van der Waals surface area contributed by atoms with Crippen LogP contribution < -0.4 is 5.32 Å². The standard InChI is InChI=1S/C17H25N3O/c1-4-11-18-16(15-12-19-20(5-2)13-15)17(21-3)14-9-7-6-8-10-14/h6-10,12-13,16-18H,4-5,11H2,1-3H3. The minimum atomic E-state index is -0.0211. The average molecular weight is 287 g/mol. The van der Waals surface area contributed by atoms with Crippen molar-refractivity contribution in [3.05, 3.63) is 53.9 Å². The van der Waals surface area contributed by atoms with Crippen LogP contribution in [-0.4, -0.2) is 23.4 Å². The van der Waals surface area contributed by atoms with Crippen molar-refractivity contribution in [1.82, 2.24) is 15.1 Å². The molecule has 0 bridgehead atoms. The zero-order chi connectivity index (χ0) is 15.1. The Kier molecular flexibility index (Phi) is 5.96. The summed E-state index contributed by atoms with van der Waals surface area (Å²) in [6.45, 7) is 6.10. The Morgan fingerprint density at radius 2 is 1.95 bits per heavy atom. The van der Waals surface area contributed by atoms with E-state index in [0.717, 1.165) is 19.5 Å². The van der Waals surface area contributed by atoms with Crippen LogP contribution in [-0.2, 0) is 11.3 Å². The summed E-state index contributed by atoms with van der Waals surface area (Å²) in [6.07, 6.45) is 5.10. The molecule has 2 atom stereocenters. The van der Waals surface area contributed by atoms with Crippen LogP contribution in [0.3, 0.4) is 0 Å². The molecule has 2 aromatic rings. The van der Waals surface area contributed by atoms with Crippen LogP contribution in [0, 0.1) is 0 Å². The molecule has 1 aromatic carbocycles. The van der Waals surface area contributed by atoms with Crippen molar-refractivity contribution in [3.8, 4) is 0 Å². The van der Waals surface area contributed by atoms with Gasteiger partial charge in [-0.25, -0.2) is 0 Å². The number of hydrogen-bond donors (Lipinski definition) is 1. The number of aryl methyl sites for hydroxylation is 1. The highest BCUT2D eigenvalue weighted by Crippen LogP contribution is 2.31. The summed E-state index contributed by atoms with van der Waals surface area (Å²) >= 11 is 0. The zero-order valence-electron chi connectivity index (χ0n) is 13.1. The molecular weight excluding hydrogens is 262 g/mol. The number of nitrogens with one attached hydrogen (secondary N) is 1. The SMILES string of the molecule is CCCNC(c1cnn(CC)c1)C(OC)c1ccccc1. The summed E-state index contributed by atoms with van der Waals surface area (Å²) in [4.78, 5) is 0. The topological polar surface area (TPSA) is 39.1 Å². The molecule has 0 saturated carbocycles. The number of ether oxygens (including phenoxy) is 1. The largest absolute Gasteiger partial charge is 0.375 e. The molecule has 0 aliphatic carbocycles. The smallest absolute Gasteiger partial charge is 0.102 e. The van der Waals surface area contributed by atoms with E-state index in [0.29, 0.717) is 0 Å². The predicted molar refractivity (Wildman–Crippen MR) is 85.1 cm³/mol. The van der Waals surface area contributed by atoms with Crippen LogP contribution in [0.4, 0.5) is 0 Å². The van der Waals surface area contributed by atoms with Gasteiger partial charge in [-0.2, -0.15) is 5.10 Å². The molecule has 0 aliphatic rings. The lowest BCUT2D eigenvalue weighted by molar-refractivity contribution is 0.0676. The first-order valence-corrected chi connectivity index (χ1v) is 7.63. The van der Waals surface area contributed by atoms with Gasteiger partial charge in [0.25, 0.3) is 0 Å². The van der Waals surface area contributed by atoms with Crippen molar-refractivity contribution in [2.24, 2.45) is 0 Å². The summed E-state index contributed by atoms with van der Waals surface area (Å²) < 4.78 is 7.75. The van der Waals surface area contributed by atoms with E-state index in [9.17, 15) is 0 Å². The molecule has 0 spiro atoms. The summed E-state index contributed by atoms with van der Waals surface area (Å²) in [5, 5.41) is 7.99. The summed E-state index contributed by atoms with van der Waals surface area (Å²) in [5.74, 6) is 0. The van der Waals surface area contributed by atoms with Gasteiger partial charge in [0, 0.05) is 25.4 Å². The minimum absolute atomic E-state index is 0.0211. The Morgan fingerprint density at radius 3 is 2.52 bits per heavy atom. The first-order valence-electron chi connectivity index (χ1n) is 7.63. The van der Waals surface area contributed by atoms with Crippen molar-refractivity contribution in [2.45, 2.75) is 39.0 Å². The molecular formula is C17H25N3O. The van der Waals surface area contributed by atoms with Gasteiger partial charge in [0.2, 0.25) is 0 Å². The number of hydrogen-bond acceptors (Lipinski definition) is 3. The maximum atomic E-state index is 5.79. The quantitative estimate of drug-likeness (QED) is 0.809. The second-order valence-electron chi connectivity index (χ2n) is 5.13. The maximum absolute atomic E-state index is 5.79. The number of nitrogens with zero attached hydrogens (tertiary/aromatic N) is 2. The number of benzene rings is 1. The van der Waals surface area contributed by atoms with Crippen LogP contribution in [0.1, 0.15) is 43.5 Å². The lowest BCUT2D eigenvalue weighted by atomic mass is 9.97. The zero-order valence-corrected chi connectivity index (χ0v) is 13.1. The first-order chi connectivity index (χ1) is 10.3. The number of aromatic nitrogens is 2. The van der Waals surface area contributed by atoms with Gasteiger partial charge in [-0.05, 0) is 25.5 Å². The van der Waals surface area contributed by atoms with Gasteiger partial charge >= 0.3 is 0 Å². The van der Waals surface area contributed by atoms with Crippen molar-refractivity contribution in [1.29, 1.82) is 0 Å². The molecule has 2 unspecified atom stereocenters. The lowest BCUT2D eigenvalue weighted by Gasteiger charge is -2.26. The second kappa shape index (κ2) is 7.96. The van der Waals surface area contributed by atoms with Gasteiger partial charge in [-0.1, -0.05) is 37.3 Å². The summed E-state index contributed by atoms with van der Waals surface area (Å²) in [5.41, 5.74) is 2.35. The van der Waals surface area contributed by atoms with E-state index >= 15 is 0 Å². The first kappa shape index (κ1) is 15.7. The van der Waals surface area contributed by atoms with E-state index in [1.165, 1.54) is 11.1 Å². The summed E-state index contributed by atoms with van der Waals surface area (Å²) in [7, 11) is 1.77. The van der Waals surface area contributed by atoms with Gasteiger partial charge in [0.1, 0.15) is 6.10 Å². The Bertz CT molecular complexity index is 524. The Balaban J connectivity index is 2.28. The number of methoxy groups -OCH3 is 1. The van der Waals surface area contributed by atoms with Crippen LogP contribution in [0.5, 0.6) is 0 Å². The van der Waals surface area contributed by atoms with Gasteiger partial charge in [-0.3, -0.25) is 4.68 Å². The maximum Gasteiger partial charge on any atom is 0.102 e. The third kappa shape index (κ3) is 3.93. The van der Waals surface area contributed by atoms with Crippen molar-refractivity contribution in [2.75, 3.05) is 13.7 Å². The Morgan fingerprint density at radius 1 is 1.19 bits per heavy atom. The molecule has 2 rings (SSSR count). The van der Waals surface area contributed by atoms with Crippen molar-refractivity contribution < 1.29 is 4.74 Å². The molecule has 21 heavy (non-hydrogen) atoms. The minimum Gasteiger partial charge on any atom is -0.375 e. The van der Waals surface area contributed by atoms with E-state index in [1.54, 1.807) is 7.11 Å². The normalized spacial score (nSPS) is 14.0. The average Bonchev–Trinajstić information content (AvgIpc) is 3.01. The van der Waals surface area contributed by atoms with Gasteiger partial charge in [-0.15, -0.1) is 0 Å². The van der Waals surface area contributed by atoms with Crippen LogP contribution >= 0.6 is 0 Å². The van der Waals surface area contributed by atoms with Crippen LogP contribution in [0.15, 0.2) is 42.7 Å². The predicted octanol–water partition coefficient (Wildman–Crippen LogP) is 3.33. The monoisotopic (exact) mass is 287 g/mol. The third-order valence-corrected chi connectivity index (χ3v) is 3.64. The molecule has 114 valence electrons. The highest BCUT2D eigenvalue weighted by molar-refractivity contribution is 5.24. The van der Waals surface area contributed by atoms with E-state index in [-0.39, 0.29) is 12.1 Å². The highest BCUT2D eigenvalue weighted by Gasteiger charge is 2.25. The molecule has 4 heteroatoms. The lowest BCUT2D eigenvalue weighted by Crippen LogP contribution is -2.28. The van der Waals surface area contributed by atoms with Crippen molar-refractivity contribution in [3.63, 3.8) is 0 Å². The second-order valence-corrected chi connectivity index (χ2v) is 5.13. The Hall–Kier alpha value is -1.65. The summed E-state index contributed by atoms with van der Waals surface area (Å²) in [6, 6.07) is 10.5. The molecule has 4 nitrogen and oxygen atoms in total. The third-order valence-electron chi connectivity index (χ3n) is 3.64. The van der Waals surface area contributed by atoms with Gasteiger partial charge in [0.15, 0.2) is 0 Å². The molecule has 0 amide bonds. The molecule has 1 N–H and O–H groups in total. The number of rotatable bonds is 8. The fourth-order valence-electron chi connectivity index (χ4n) is 2.52. The molecule has 1 heterocycles. The van der Waals surface area contributed by atoms with Crippen molar-refractivity contribution >= 4 is 0 Å².